The Morgan fingerprint density at radius 2 is 1.68 bits per heavy atom. The molecule has 1 amide bonds. The van der Waals surface area contributed by atoms with Crippen LogP contribution in [-0.4, -0.2) is 66.9 Å². The van der Waals surface area contributed by atoms with Crippen LogP contribution in [0.2, 0.25) is 0 Å². The van der Waals surface area contributed by atoms with E-state index in [0.717, 1.165) is 51.0 Å². The monoisotopic (exact) mass is 551 g/mol. The van der Waals surface area contributed by atoms with E-state index < -0.39 is 6.61 Å². The molecule has 0 bridgehead atoms. The summed E-state index contributed by atoms with van der Waals surface area (Å²) in [4.78, 5) is 31.7. The number of halogens is 2. The van der Waals surface area contributed by atoms with Crippen LogP contribution in [0.15, 0.2) is 54.6 Å². The molecule has 3 saturated heterocycles. The molecule has 1 unspecified atom stereocenters. The van der Waals surface area contributed by atoms with Gasteiger partial charge in [0.15, 0.2) is 5.78 Å². The van der Waals surface area contributed by atoms with Gasteiger partial charge in [-0.05, 0) is 74.4 Å². The van der Waals surface area contributed by atoms with Crippen LogP contribution in [0, 0.1) is 17.3 Å². The third-order valence-corrected chi connectivity index (χ3v) is 9.68. The number of ether oxygens (including phenoxy) is 1. The van der Waals surface area contributed by atoms with E-state index in [9.17, 15) is 18.4 Å². The third kappa shape index (κ3) is 5.79. The number of hydrogen-bond donors (Lipinski definition) is 1. The Morgan fingerprint density at radius 3 is 2.35 bits per heavy atom. The van der Waals surface area contributed by atoms with Crippen LogP contribution >= 0.6 is 0 Å². The van der Waals surface area contributed by atoms with Gasteiger partial charge in [0.25, 0.3) is 0 Å². The molecule has 6 rings (SSSR count). The van der Waals surface area contributed by atoms with Gasteiger partial charge in [-0.15, -0.1) is 0 Å². The molecule has 1 saturated carbocycles. The molecule has 2 aromatic rings. The lowest BCUT2D eigenvalue weighted by atomic mass is 9.74. The van der Waals surface area contributed by atoms with Crippen molar-refractivity contribution in [3.8, 4) is 5.75 Å². The van der Waals surface area contributed by atoms with Crippen molar-refractivity contribution in [3.63, 3.8) is 0 Å². The molecule has 1 spiro atoms. The Kier molecular flexibility index (Phi) is 7.91. The molecule has 40 heavy (non-hydrogen) atoms. The van der Waals surface area contributed by atoms with E-state index in [1.807, 2.05) is 11.0 Å². The van der Waals surface area contributed by atoms with E-state index in [2.05, 4.69) is 39.2 Å². The van der Waals surface area contributed by atoms with Crippen molar-refractivity contribution in [2.24, 2.45) is 17.3 Å². The number of likely N-dealkylation sites (tertiary alicyclic amines) is 2. The Labute approximate surface area is 235 Å². The van der Waals surface area contributed by atoms with E-state index in [-0.39, 0.29) is 29.0 Å². The number of ketones is 1. The Balaban J connectivity index is 1.12. The van der Waals surface area contributed by atoms with E-state index >= 15 is 0 Å². The first kappa shape index (κ1) is 27.3. The van der Waals surface area contributed by atoms with Crippen LogP contribution in [0.5, 0.6) is 5.75 Å². The highest BCUT2D eigenvalue weighted by Crippen LogP contribution is 2.44. The molecule has 2 aromatic carbocycles. The maximum absolute atomic E-state index is 13.8. The van der Waals surface area contributed by atoms with Crippen LogP contribution in [0.25, 0.3) is 0 Å². The first-order chi connectivity index (χ1) is 19.4. The number of Topliss-reactive ketones (excluding diaryl/α,β-unsaturated/α-hetero) is 1. The van der Waals surface area contributed by atoms with E-state index in [1.54, 1.807) is 12.1 Å². The molecule has 8 heteroatoms. The second kappa shape index (κ2) is 11.6. The number of benzene rings is 2. The smallest absolute Gasteiger partial charge is 0.387 e. The first-order valence-corrected chi connectivity index (χ1v) is 14.8. The van der Waals surface area contributed by atoms with Crippen LogP contribution < -0.4 is 10.1 Å². The minimum Gasteiger partial charge on any atom is -0.435 e. The van der Waals surface area contributed by atoms with Crippen molar-refractivity contribution in [1.82, 2.24) is 15.1 Å². The number of nitrogens with one attached hydrogen (secondary N) is 1. The molecular weight excluding hydrogens is 512 g/mol. The Morgan fingerprint density at radius 1 is 0.975 bits per heavy atom. The highest BCUT2D eigenvalue weighted by atomic mass is 19.3. The summed E-state index contributed by atoms with van der Waals surface area (Å²) in [7, 11) is 0. The van der Waals surface area contributed by atoms with E-state index in [4.69, 9.17) is 0 Å². The summed E-state index contributed by atoms with van der Waals surface area (Å²) in [6.45, 7) is 1.57. The number of amides is 1. The van der Waals surface area contributed by atoms with Gasteiger partial charge in [0.05, 0.1) is 11.5 Å². The van der Waals surface area contributed by atoms with Crippen molar-refractivity contribution in [1.29, 1.82) is 0 Å². The van der Waals surface area contributed by atoms with Gasteiger partial charge in [-0.2, -0.15) is 8.78 Å². The summed E-state index contributed by atoms with van der Waals surface area (Å²) < 4.78 is 29.4. The summed E-state index contributed by atoms with van der Waals surface area (Å²) in [5, 5.41) is 3.58. The van der Waals surface area contributed by atoms with Crippen molar-refractivity contribution in [3.05, 3.63) is 65.7 Å². The second-order valence-corrected chi connectivity index (χ2v) is 12.2. The zero-order chi connectivity index (χ0) is 27.7. The van der Waals surface area contributed by atoms with Crippen molar-refractivity contribution in [2.45, 2.75) is 63.6 Å². The van der Waals surface area contributed by atoms with Crippen LogP contribution in [-0.2, 0) is 16.1 Å². The predicted molar refractivity (Wildman–Crippen MR) is 148 cm³/mol. The molecule has 1 aliphatic carbocycles. The van der Waals surface area contributed by atoms with E-state index in [0.29, 0.717) is 37.1 Å². The molecule has 0 radical (unpaired) electrons. The lowest BCUT2D eigenvalue weighted by Gasteiger charge is -2.44. The number of carbonyl (C=O) groups excluding carboxylic acids is 2. The van der Waals surface area contributed by atoms with E-state index in [1.165, 1.54) is 30.5 Å². The van der Waals surface area contributed by atoms with Gasteiger partial charge < -0.3 is 15.0 Å². The predicted octanol–water partition coefficient (Wildman–Crippen LogP) is 4.84. The number of nitrogens with zero attached hydrogens (tertiary/aromatic N) is 2. The lowest BCUT2D eigenvalue weighted by molar-refractivity contribution is -0.140. The molecule has 1 N–H and O–H groups in total. The maximum atomic E-state index is 13.8. The van der Waals surface area contributed by atoms with Gasteiger partial charge in [0.1, 0.15) is 5.75 Å². The van der Waals surface area contributed by atoms with Crippen molar-refractivity contribution in [2.75, 3.05) is 32.7 Å². The van der Waals surface area contributed by atoms with Crippen LogP contribution in [0.3, 0.4) is 0 Å². The van der Waals surface area contributed by atoms with Gasteiger partial charge in [0.2, 0.25) is 5.91 Å². The quantitative estimate of drug-likeness (QED) is 0.458. The first-order valence-electron chi connectivity index (χ1n) is 14.8. The second-order valence-electron chi connectivity index (χ2n) is 12.2. The number of carbonyl (C=O) groups is 2. The highest BCUT2D eigenvalue weighted by Gasteiger charge is 2.51. The van der Waals surface area contributed by atoms with Crippen molar-refractivity contribution >= 4 is 11.7 Å². The zero-order valence-electron chi connectivity index (χ0n) is 22.9. The lowest BCUT2D eigenvalue weighted by Crippen LogP contribution is -2.54. The van der Waals surface area contributed by atoms with Gasteiger partial charge in [-0.3, -0.25) is 14.5 Å². The SMILES string of the molecule is O=C(CC1CC1)C([C@@H]1CNC[C@@H]1c1ccccc1)N1CCC2(CCN(Cc3ccc(OC(F)F)cc3)C2=O)CC1. The largest absolute Gasteiger partial charge is 0.435 e. The molecule has 4 aliphatic rings. The average molecular weight is 552 g/mol. The standard InChI is InChI=1S/C32H39F2N3O3/c33-31(34)40-25-10-8-23(9-11-25)21-37-17-14-32(30(37)39)12-15-36(16-13-32)29(28(38)18-22-6-7-22)27-20-35-19-26(27)24-4-2-1-3-5-24/h1-5,8-11,22,26-27,29,31,35H,6-7,12-21H2/t26-,27-,29?/m1/s1. The Hall–Kier alpha value is -2.84. The Bertz CT molecular complexity index is 1180. The van der Waals surface area contributed by atoms with Gasteiger partial charge in [-0.25, -0.2) is 0 Å². The fraction of sp³-hybridized carbons (Fsp3) is 0.562. The number of alkyl halides is 2. The summed E-state index contributed by atoms with van der Waals surface area (Å²) in [6.07, 6.45) is 5.38. The average Bonchev–Trinajstić information content (AvgIpc) is 3.56. The fourth-order valence-electron chi connectivity index (χ4n) is 7.27. The third-order valence-electron chi connectivity index (χ3n) is 9.68. The minimum atomic E-state index is -2.85. The molecule has 3 atom stereocenters. The summed E-state index contributed by atoms with van der Waals surface area (Å²) in [5.41, 5.74) is 1.83. The topological polar surface area (TPSA) is 61.9 Å². The molecule has 4 fully saturated rings. The molecule has 3 heterocycles. The number of piperidine rings is 1. The van der Waals surface area contributed by atoms with Crippen LogP contribution in [0.4, 0.5) is 8.78 Å². The van der Waals surface area contributed by atoms with Gasteiger partial charge >= 0.3 is 6.61 Å². The van der Waals surface area contributed by atoms with Gasteiger partial charge in [-0.1, -0.05) is 42.5 Å². The molecular formula is C32H39F2N3O3. The molecule has 214 valence electrons. The highest BCUT2D eigenvalue weighted by molar-refractivity contribution is 5.86. The maximum Gasteiger partial charge on any atom is 0.387 e. The number of hydrogen-bond acceptors (Lipinski definition) is 5. The van der Waals surface area contributed by atoms with Gasteiger partial charge in [0, 0.05) is 44.4 Å². The summed E-state index contributed by atoms with van der Waals surface area (Å²) in [5.74, 6) is 1.78. The summed E-state index contributed by atoms with van der Waals surface area (Å²) >= 11 is 0. The van der Waals surface area contributed by atoms with Crippen LogP contribution in [0.1, 0.15) is 55.6 Å². The minimum absolute atomic E-state index is 0.111. The fourth-order valence-corrected chi connectivity index (χ4v) is 7.27. The molecule has 3 aliphatic heterocycles. The zero-order valence-corrected chi connectivity index (χ0v) is 22.9. The summed E-state index contributed by atoms with van der Waals surface area (Å²) in [6, 6.07) is 17.0. The molecule has 0 aromatic heterocycles. The molecule has 6 nitrogen and oxygen atoms in total. The normalized spacial score (nSPS) is 25.6. The number of rotatable bonds is 10. The van der Waals surface area contributed by atoms with Crippen molar-refractivity contribution < 1.29 is 23.1 Å².